The van der Waals surface area contributed by atoms with Crippen molar-refractivity contribution in [2.75, 3.05) is 59.3 Å². The SMILES string of the molecule is C1CCOC1.CC1CCC(N(C)CC(F)(F)F)CC1.CCC(F)(F)F.CCC1CCC(C)CC1.CCc1cc(-c2ccc(C)nc2C)cc2cnc(F)nc12.CCc1cc(-c2ccc(CS(=O)(=O)c3ccccc3Cl)nc2C)cc2cnc(NC3CCC(N(C)CC(F)(F)F)CC3)nc12.CN(CC(F)(F)F)C1CCC(N)CC1.O=S([O-])c1ccccc1Cl. The number of alkyl halides is 12. The fourth-order valence-corrected chi connectivity index (χ4v) is 18.0. The molecule has 4 aromatic heterocycles. The number of aryl methyl sites for hydroxylation is 5. The first-order valence-electron chi connectivity index (χ1n) is 42.2. The fraction of sp³-hybridized carbons (Fsp3) is 0.578. The number of ether oxygens (including phenoxy) is 1. The Morgan fingerprint density at radius 3 is 1.39 bits per heavy atom. The Morgan fingerprint density at radius 1 is 0.545 bits per heavy atom. The Hall–Kier alpha value is -6.81. The van der Waals surface area contributed by atoms with Gasteiger partial charge in [-0.1, -0.05) is 133 Å². The van der Waals surface area contributed by atoms with E-state index in [1.165, 1.54) is 98.1 Å². The summed E-state index contributed by atoms with van der Waals surface area (Å²) >= 11 is 9.44. The van der Waals surface area contributed by atoms with Crippen molar-refractivity contribution in [3.63, 3.8) is 0 Å². The van der Waals surface area contributed by atoms with Crippen molar-refractivity contribution >= 4 is 71.9 Å². The highest BCUT2D eigenvalue weighted by Crippen LogP contribution is 2.36. The maximum Gasteiger partial charge on any atom is 0.401 e. The van der Waals surface area contributed by atoms with E-state index in [1.807, 2.05) is 52.0 Å². The largest absolute Gasteiger partial charge is 0.768 e. The fourth-order valence-electron chi connectivity index (χ4n) is 15.4. The number of hydrogen-bond donors (Lipinski definition) is 2. The molecule has 16 nitrogen and oxygen atoms in total. The van der Waals surface area contributed by atoms with Crippen molar-refractivity contribution < 1.29 is 79.0 Å². The van der Waals surface area contributed by atoms with Gasteiger partial charge in [-0.2, -0.15) is 57.1 Å². The number of nitrogens with zero attached hydrogens (tertiary/aromatic N) is 9. The van der Waals surface area contributed by atoms with Crippen LogP contribution < -0.4 is 11.1 Å². The van der Waals surface area contributed by atoms with E-state index in [9.17, 15) is 74.3 Å². The van der Waals surface area contributed by atoms with Crippen molar-refractivity contribution in [3.8, 4) is 22.3 Å². The van der Waals surface area contributed by atoms with Crippen molar-refractivity contribution in [3.05, 3.63) is 159 Å². The lowest BCUT2D eigenvalue weighted by atomic mass is 9.82. The maximum absolute atomic E-state index is 13.3. The van der Waals surface area contributed by atoms with Crippen LogP contribution in [0, 0.1) is 44.6 Å². The van der Waals surface area contributed by atoms with E-state index in [4.69, 9.17) is 38.7 Å². The monoisotopic (exact) mass is 1820 g/mol. The molecule has 1 unspecified atom stereocenters. The van der Waals surface area contributed by atoms with E-state index in [0.29, 0.717) is 41.6 Å². The molecule has 5 heterocycles. The third-order valence-corrected chi connectivity index (χ3v) is 25.9. The standard InChI is InChI=1S/C32H35ClF3N5O2S.C17H16FN3.C10H18F3N.C9H17F3N2.C9H18.C6H5ClO2S.C4H8O.C3H5F3/c1-4-21-15-22(27-14-11-25(38-20(27)2)18-44(42,43)29-8-6-5-7-28(29)33)16-23-17-37-31(40-30(21)23)39-24-9-12-26(13-10-24)41(3)19-32(34,35)36;1-4-12-7-13(15-6-5-10(2)20-11(15)3)8-14-9-19-17(18)21-16(12)14;1-8-3-5-9(6-4-8)14(2)7-10(11,12)13;1-14(6-9(10,11)12)8-4-2-7(13)3-5-8;1-3-9-6-4-8(2)5-7-9;7-5-3-1-2-4-6(5)10(8)9;1-2-4-5-3-1;1-2-3(4,5)6/h5-8,11,14-17,24,26H,4,9-10,12-13,18-19H2,1-3H3,(H,37,39,40);5-9H,4H2,1-3H3;8-9H,3-7H2,1-2H3;7-8H,2-6,13H2,1H3;8-9H,3-7H2,1-2H3;1-4H,(H,8,9);1-4H2;2H2,1H3/p-1. The van der Waals surface area contributed by atoms with E-state index in [1.54, 1.807) is 49.6 Å². The van der Waals surface area contributed by atoms with Gasteiger partial charge in [0.25, 0.3) is 0 Å². The van der Waals surface area contributed by atoms with E-state index < -0.39 is 77.8 Å². The second kappa shape index (κ2) is 50.1. The Bertz CT molecular complexity index is 4620. The van der Waals surface area contributed by atoms with E-state index in [-0.39, 0.29) is 55.8 Å². The zero-order valence-corrected chi connectivity index (χ0v) is 75.6. The highest BCUT2D eigenvalue weighted by Gasteiger charge is 2.37. The van der Waals surface area contributed by atoms with Crippen LogP contribution in [0.2, 0.25) is 10.0 Å². The molecular formula is C90H121Cl2F13N11O5S2-. The van der Waals surface area contributed by atoms with Gasteiger partial charge in [0.15, 0.2) is 9.84 Å². The number of aromatic nitrogens is 6. The zero-order chi connectivity index (χ0) is 91.2. The second-order valence-electron chi connectivity index (χ2n) is 32.6. The molecule has 4 aromatic carbocycles. The van der Waals surface area contributed by atoms with Crippen molar-refractivity contribution in [2.45, 2.75) is 274 Å². The van der Waals surface area contributed by atoms with E-state index >= 15 is 0 Å². The summed E-state index contributed by atoms with van der Waals surface area (Å²) < 4.78 is 208. The van der Waals surface area contributed by atoms with Gasteiger partial charge in [-0.05, 0) is 256 Å². The Kier molecular flexibility index (Phi) is 42.7. The minimum Gasteiger partial charge on any atom is -0.768 e. The predicted octanol–water partition coefficient (Wildman–Crippen LogP) is 23.8. The summed E-state index contributed by atoms with van der Waals surface area (Å²) in [6, 6.07) is 28.9. The molecule has 0 radical (unpaired) electrons. The van der Waals surface area contributed by atoms with Crippen molar-refractivity contribution in [1.29, 1.82) is 0 Å². The number of rotatable bonds is 17. The Labute approximate surface area is 729 Å². The molecule has 33 heteroatoms. The van der Waals surface area contributed by atoms with Crippen LogP contribution in [0.3, 0.4) is 0 Å². The highest BCUT2D eigenvalue weighted by molar-refractivity contribution is 7.90. The summed E-state index contributed by atoms with van der Waals surface area (Å²) in [6.07, 6.45) is 7.11. The number of fused-ring (bicyclic) bond motifs is 2. The lowest BCUT2D eigenvalue weighted by Gasteiger charge is -2.35. The number of hydrogen-bond acceptors (Lipinski definition) is 16. The Balaban J connectivity index is 0.000000245. The van der Waals surface area contributed by atoms with E-state index in [0.717, 1.165) is 170 Å². The Morgan fingerprint density at radius 2 is 0.976 bits per heavy atom. The molecule has 123 heavy (non-hydrogen) atoms. The summed E-state index contributed by atoms with van der Waals surface area (Å²) in [5.41, 5.74) is 16.3. The van der Waals surface area contributed by atoms with Crippen molar-refractivity contribution in [2.24, 2.45) is 23.5 Å². The van der Waals surface area contributed by atoms with Crippen LogP contribution in [0.1, 0.15) is 204 Å². The van der Waals surface area contributed by atoms with Crippen LogP contribution in [-0.4, -0.2) is 171 Å². The smallest absolute Gasteiger partial charge is 0.401 e. The number of sulfone groups is 1. The van der Waals surface area contributed by atoms with Crippen LogP contribution in [0.5, 0.6) is 0 Å². The van der Waals surface area contributed by atoms with E-state index in [2.05, 4.69) is 76.1 Å². The third kappa shape index (κ3) is 37.2. The normalized spacial score (nSPS) is 20.3. The van der Waals surface area contributed by atoms with Crippen LogP contribution in [0.15, 0.2) is 119 Å². The molecule has 5 aliphatic rings. The molecule has 684 valence electrons. The van der Waals surface area contributed by atoms with Gasteiger partial charge in [-0.25, -0.2) is 28.4 Å². The van der Waals surface area contributed by atoms with Crippen LogP contribution >= 0.6 is 23.2 Å². The first kappa shape index (κ1) is 105. The molecule has 0 spiro atoms. The lowest BCUT2D eigenvalue weighted by Crippen LogP contribution is -2.42. The molecule has 8 aromatic rings. The van der Waals surface area contributed by atoms with Crippen LogP contribution in [-0.2, 0) is 44.2 Å². The summed E-state index contributed by atoms with van der Waals surface area (Å²) in [6.45, 7) is 17.4. The second-order valence-corrected chi connectivity index (χ2v) is 36.3. The molecule has 0 bridgehead atoms. The average molecular weight is 1820 g/mol. The molecule has 13 rings (SSSR count). The van der Waals surface area contributed by atoms with Crippen LogP contribution in [0.4, 0.5) is 63.0 Å². The number of anilines is 1. The van der Waals surface area contributed by atoms with Gasteiger partial charge < -0.3 is 20.3 Å². The summed E-state index contributed by atoms with van der Waals surface area (Å²) in [7, 11) is 0.988. The third-order valence-electron chi connectivity index (χ3n) is 22.6. The highest BCUT2D eigenvalue weighted by atomic mass is 35.5. The number of nitrogens with one attached hydrogen (secondary N) is 1. The maximum atomic E-state index is 13.3. The van der Waals surface area contributed by atoms with Gasteiger partial charge in [-0.3, -0.25) is 28.9 Å². The molecule has 4 aliphatic carbocycles. The molecule has 0 amide bonds. The first-order chi connectivity index (χ1) is 57.8. The van der Waals surface area contributed by atoms with Crippen LogP contribution in [0.25, 0.3) is 44.1 Å². The minimum absolute atomic E-state index is 0.0522. The zero-order valence-electron chi connectivity index (χ0n) is 72.4. The number of halogens is 15. The van der Waals surface area contributed by atoms with Gasteiger partial charge in [-0.15, -0.1) is 0 Å². The number of nitrogens with two attached hydrogens (primary N) is 1. The molecule has 3 N–H and O–H groups in total. The molecule has 1 saturated heterocycles. The summed E-state index contributed by atoms with van der Waals surface area (Å²) in [5.74, 6) is 3.03. The van der Waals surface area contributed by atoms with Gasteiger partial charge >= 0.3 is 30.8 Å². The summed E-state index contributed by atoms with van der Waals surface area (Å²) in [4.78, 5) is 30.6. The average Bonchev–Trinajstić information content (AvgIpc) is 1.01. The van der Waals surface area contributed by atoms with Gasteiger partial charge in [0, 0.05) is 106 Å². The van der Waals surface area contributed by atoms with Gasteiger partial charge in [0.05, 0.1) is 57.1 Å². The molecule has 5 fully saturated rings. The number of benzene rings is 4. The molecule has 1 aliphatic heterocycles. The number of pyridine rings is 2. The molecule has 1 atom stereocenters. The van der Waals surface area contributed by atoms with Gasteiger partial charge in [0.1, 0.15) is 0 Å². The van der Waals surface area contributed by atoms with Gasteiger partial charge in [0.2, 0.25) is 5.95 Å². The first-order valence-corrected chi connectivity index (χ1v) is 45.7. The molecular weight excluding hydrogens is 1700 g/mol. The topological polar surface area (TPSA) is 209 Å². The quantitative estimate of drug-likeness (QED) is 0.0493. The minimum atomic E-state index is -4.20. The van der Waals surface area contributed by atoms with Crippen molar-refractivity contribution in [1.82, 2.24) is 44.6 Å². The summed E-state index contributed by atoms with van der Waals surface area (Å²) in [5, 5.41) is 5.56. The molecule has 4 saturated carbocycles. The lowest BCUT2D eigenvalue weighted by molar-refractivity contribution is -0.149. The predicted molar refractivity (Wildman–Crippen MR) is 465 cm³/mol.